The van der Waals surface area contributed by atoms with Crippen LogP contribution < -0.4 is 15.2 Å². The number of nitrogen functional groups attached to an aromatic ring is 1. The zero-order chi connectivity index (χ0) is 12.5. The summed E-state index contributed by atoms with van der Waals surface area (Å²) in [4.78, 5) is 0. The van der Waals surface area contributed by atoms with Crippen molar-refractivity contribution in [2.45, 2.75) is 6.42 Å². The van der Waals surface area contributed by atoms with Crippen LogP contribution in [-0.4, -0.2) is 23.4 Å². The predicted molar refractivity (Wildman–Crippen MR) is 64.0 cm³/mol. The number of hydrogen-bond acceptors (Lipinski definition) is 4. The average Bonchev–Trinajstić information content (AvgIpc) is 2.64. The van der Waals surface area contributed by atoms with Crippen LogP contribution in [0.25, 0.3) is 11.1 Å². The van der Waals surface area contributed by atoms with E-state index in [9.17, 15) is 4.39 Å². The van der Waals surface area contributed by atoms with Crippen LogP contribution in [0.5, 0.6) is 11.5 Å². The number of ether oxygens (including phenoxy) is 2. The summed E-state index contributed by atoms with van der Waals surface area (Å²) in [5, 5.41) is 6.36. The summed E-state index contributed by atoms with van der Waals surface area (Å²) >= 11 is 0. The molecule has 0 atom stereocenters. The van der Waals surface area contributed by atoms with Gasteiger partial charge < -0.3 is 15.2 Å². The van der Waals surface area contributed by atoms with Gasteiger partial charge in [0.25, 0.3) is 0 Å². The van der Waals surface area contributed by atoms with Crippen LogP contribution in [-0.2, 0) is 0 Å². The Bertz CT molecular complexity index is 583. The summed E-state index contributed by atoms with van der Waals surface area (Å²) < 4.78 is 25.0. The molecule has 0 saturated carbocycles. The first-order chi connectivity index (χ1) is 8.75. The number of rotatable bonds is 1. The molecule has 3 rings (SSSR count). The van der Waals surface area contributed by atoms with Crippen LogP contribution in [0, 0.1) is 5.82 Å². The highest BCUT2D eigenvalue weighted by molar-refractivity contribution is 5.75. The summed E-state index contributed by atoms with van der Waals surface area (Å²) in [6.07, 6.45) is 2.26. The monoisotopic (exact) mass is 249 g/mol. The molecule has 0 saturated heterocycles. The van der Waals surface area contributed by atoms with E-state index >= 15 is 0 Å². The van der Waals surface area contributed by atoms with Gasteiger partial charge in [-0.05, 0) is 6.07 Å². The van der Waals surface area contributed by atoms with Crippen molar-refractivity contribution >= 4 is 5.82 Å². The van der Waals surface area contributed by atoms with Gasteiger partial charge in [-0.25, -0.2) is 4.39 Å². The number of aromatic amines is 1. The molecule has 1 aliphatic rings. The minimum atomic E-state index is -0.410. The van der Waals surface area contributed by atoms with E-state index in [0.717, 1.165) is 6.42 Å². The molecule has 0 fully saturated rings. The molecule has 3 N–H and O–H groups in total. The predicted octanol–water partition coefficient (Wildman–Crippen LogP) is 1.96. The molecule has 5 nitrogen and oxygen atoms in total. The Kier molecular flexibility index (Phi) is 2.55. The van der Waals surface area contributed by atoms with Gasteiger partial charge in [0.05, 0.1) is 19.4 Å². The lowest BCUT2D eigenvalue weighted by Gasteiger charge is -2.10. The first-order valence-electron chi connectivity index (χ1n) is 5.64. The number of nitrogens with one attached hydrogen (secondary N) is 1. The van der Waals surface area contributed by atoms with Crippen LogP contribution in [0.3, 0.4) is 0 Å². The Hall–Kier alpha value is -2.24. The minimum Gasteiger partial charge on any atom is -0.490 e. The Morgan fingerprint density at radius 2 is 1.89 bits per heavy atom. The quantitative estimate of drug-likeness (QED) is 0.810. The molecule has 0 radical (unpaired) electrons. The third-order valence-electron chi connectivity index (χ3n) is 2.80. The smallest absolute Gasteiger partial charge is 0.164 e. The van der Waals surface area contributed by atoms with E-state index in [-0.39, 0.29) is 0 Å². The average molecular weight is 249 g/mol. The maximum atomic E-state index is 14.0. The van der Waals surface area contributed by atoms with Crippen molar-refractivity contribution in [1.29, 1.82) is 0 Å². The van der Waals surface area contributed by atoms with Gasteiger partial charge >= 0.3 is 0 Å². The molecule has 2 aromatic rings. The zero-order valence-corrected chi connectivity index (χ0v) is 9.57. The number of nitrogens with zero attached hydrogens (tertiary/aromatic N) is 1. The van der Waals surface area contributed by atoms with Gasteiger partial charge in [0.15, 0.2) is 11.5 Å². The number of anilines is 1. The van der Waals surface area contributed by atoms with Crippen LogP contribution in [0.4, 0.5) is 10.2 Å². The number of hydrogen-bond donors (Lipinski definition) is 2. The van der Waals surface area contributed by atoms with Gasteiger partial charge in [-0.1, -0.05) is 0 Å². The lowest BCUT2D eigenvalue weighted by molar-refractivity contribution is 0.296. The van der Waals surface area contributed by atoms with Crippen molar-refractivity contribution in [3.63, 3.8) is 0 Å². The topological polar surface area (TPSA) is 73.2 Å². The number of nitrogens with two attached hydrogens (primary N) is 1. The molecule has 0 aliphatic carbocycles. The first kappa shape index (κ1) is 10.9. The molecule has 94 valence electrons. The van der Waals surface area contributed by atoms with E-state index in [4.69, 9.17) is 15.2 Å². The normalized spacial score (nSPS) is 14.3. The van der Waals surface area contributed by atoms with Crippen molar-refractivity contribution in [1.82, 2.24) is 10.2 Å². The molecule has 1 aromatic heterocycles. The molecule has 6 heteroatoms. The van der Waals surface area contributed by atoms with E-state index in [1.807, 2.05) is 0 Å². The maximum absolute atomic E-state index is 14.0. The van der Waals surface area contributed by atoms with E-state index in [0.29, 0.717) is 41.7 Å². The number of halogens is 1. The molecule has 18 heavy (non-hydrogen) atoms. The molecular weight excluding hydrogens is 237 g/mol. The first-order valence-corrected chi connectivity index (χ1v) is 5.64. The third-order valence-corrected chi connectivity index (χ3v) is 2.80. The third kappa shape index (κ3) is 1.75. The fourth-order valence-corrected chi connectivity index (χ4v) is 1.90. The van der Waals surface area contributed by atoms with Crippen molar-refractivity contribution < 1.29 is 13.9 Å². The summed E-state index contributed by atoms with van der Waals surface area (Å²) in [7, 11) is 0. The fraction of sp³-hybridized carbons (Fsp3) is 0.250. The number of aromatic nitrogens is 2. The lowest BCUT2D eigenvalue weighted by Crippen LogP contribution is -1.97. The Labute approximate surface area is 103 Å². The summed E-state index contributed by atoms with van der Waals surface area (Å²) in [5.74, 6) is 0.871. The van der Waals surface area contributed by atoms with E-state index in [1.54, 1.807) is 6.07 Å². The van der Waals surface area contributed by atoms with E-state index in [2.05, 4.69) is 10.2 Å². The summed E-state index contributed by atoms with van der Waals surface area (Å²) in [6.45, 7) is 1.08. The molecule has 1 aromatic carbocycles. The second kappa shape index (κ2) is 4.21. The number of benzene rings is 1. The molecule has 0 bridgehead atoms. The highest BCUT2D eigenvalue weighted by atomic mass is 19.1. The van der Waals surface area contributed by atoms with Gasteiger partial charge in [0.2, 0.25) is 0 Å². The van der Waals surface area contributed by atoms with Crippen LogP contribution in [0.1, 0.15) is 6.42 Å². The zero-order valence-electron chi connectivity index (χ0n) is 9.57. The van der Waals surface area contributed by atoms with Gasteiger partial charge in [-0.3, -0.25) is 5.10 Å². The molecule has 1 aliphatic heterocycles. The second-order valence-electron chi connectivity index (χ2n) is 4.03. The number of H-pyrrole nitrogens is 1. The van der Waals surface area contributed by atoms with Crippen molar-refractivity contribution in [3.8, 4) is 22.6 Å². The van der Waals surface area contributed by atoms with Crippen LogP contribution in [0.2, 0.25) is 0 Å². The van der Waals surface area contributed by atoms with Crippen LogP contribution >= 0.6 is 0 Å². The highest BCUT2D eigenvalue weighted by Gasteiger charge is 2.17. The van der Waals surface area contributed by atoms with Gasteiger partial charge in [0, 0.05) is 23.6 Å². The molecule has 0 unspecified atom stereocenters. The molecular formula is C12H12FN3O2. The van der Waals surface area contributed by atoms with Crippen molar-refractivity contribution in [3.05, 3.63) is 24.1 Å². The van der Waals surface area contributed by atoms with E-state index in [1.165, 1.54) is 12.3 Å². The van der Waals surface area contributed by atoms with Gasteiger partial charge in [-0.2, -0.15) is 5.10 Å². The summed E-state index contributed by atoms with van der Waals surface area (Å²) in [5.41, 5.74) is 6.56. The van der Waals surface area contributed by atoms with Crippen molar-refractivity contribution in [2.75, 3.05) is 18.9 Å². The standard InChI is InChI=1S/C12H12FN3O2/c13-9-5-11-10(17-2-1-3-18-11)4-7(9)8-6-15-16-12(8)14/h4-6H,1-3H2,(H3,14,15,16). The highest BCUT2D eigenvalue weighted by Crippen LogP contribution is 2.37. The van der Waals surface area contributed by atoms with Gasteiger partial charge in [0.1, 0.15) is 11.6 Å². The van der Waals surface area contributed by atoms with E-state index < -0.39 is 5.82 Å². The second-order valence-corrected chi connectivity index (χ2v) is 4.03. The maximum Gasteiger partial charge on any atom is 0.164 e. The van der Waals surface area contributed by atoms with Crippen molar-refractivity contribution in [2.24, 2.45) is 0 Å². The molecule has 0 spiro atoms. The summed E-state index contributed by atoms with van der Waals surface area (Å²) in [6, 6.07) is 2.92. The Balaban J connectivity index is 2.11. The molecule has 0 amide bonds. The molecule has 2 heterocycles. The largest absolute Gasteiger partial charge is 0.490 e. The Morgan fingerprint density at radius 1 is 1.17 bits per heavy atom. The number of fused-ring (bicyclic) bond motifs is 1. The van der Waals surface area contributed by atoms with Gasteiger partial charge in [-0.15, -0.1) is 0 Å². The SMILES string of the molecule is Nc1[nH]ncc1-c1cc2c(cc1F)OCCCO2. The minimum absolute atomic E-state index is 0.323. The fourth-order valence-electron chi connectivity index (χ4n) is 1.90. The lowest BCUT2D eigenvalue weighted by atomic mass is 10.1. The van der Waals surface area contributed by atoms with Crippen LogP contribution in [0.15, 0.2) is 18.3 Å². The Morgan fingerprint density at radius 3 is 2.56 bits per heavy atom.